The largest absolute Gasteiger partial charge is 0.296 e. The Bertz CT molecular complexity index is 1170. The summed E-state index contributed by atoms with van der Waals surface area (Å²) >= 11 is 14.2. The van der Waals surface area contributed by atoms with Crippen LogP contribution in [0, 0.1) is 6.92 Å². The first-order chi connectivity index (χ1) is 14.7. The Hall–Kier alpha value is -1.69. The van der Waals surface area contributed by atoms with E-state index in [-0.39, 0.29) is 21.9 Å². The summed E-state index contributed by atoms with van der Waals surface area (Å²) in [5.74, 6) is 0.841. The second-order valence-electron chi connectivity index (χ2n) is 6.39. The fraction of sp³-hybridized carbons (Fsp3) is 0.211. The minimum absolute atomic E-state index is 0.111. The molecule has 0 saturated carbocycles. The Balaban J connectivity index is 1.48. The quantitative estimate of drug-likeness (QED) is 0.318. The first kappa shape index (κ1) is 24.0. The number of thioether (sulfide) groups is 1. The van der Waals surface area contributed by atoms with Crippen molar-refractivity contribution in [1.82, 2.24) is 14.9 Å². The van der Waals surface area contributed by atoms with E-state index in [0.29, 0.717) is 27.1 Å². The molecule has 0 atom stereocenters. The molecule has 0 unspecified atom stereocenters. The number of aromatic nitrogens is 2. The van der Waals surface area contributed by atoms with Crippen molar-refractivity contribution in [3.63, 3.8) is 0 Å². The van der Waals surface area contributed by atoms with E-state index in [1.807, 2.05) is 25.1 Å². The third-order valence-corrected chi connectivity index (χ3v) is 8.40. The van der Waals surface area contributed by atoms with Gasteiger partial charge >= 0.3 is 0 Å². The number of nitrogens with one attached hydrogen (secondary N) is 2. The summed E-state index contributed by atoms with van der Waals surface area (Å²) in [7, 11) is -3.81. The van der Waals surface area contributed by atoms with Crippen LogP contribution in [0.15, 0.2) is 46.8 Å². The number of amides is 1. The number of hydrogen-bond donors (Lipinski definition) is 2. The Labute approximate surface area is 198 Å². The smallest absolute Gasteiger partial charge is 0.269 e. The van der Waals surface area contributed by atoms with Crippen LogP contribution in [0.2, 0.25) is 10.0 Å². The maximum absolute atomic E-state index is 12.4. The molecule has 0 aliphatic rings. The van der Waals surface area contributed by atoms with Crippen LogP contribution in [0.4, 0.5) is 5.13 Å². The Kier molecular flexibility index (Phi) is 8.31. The zero-order valence-corrected chi connectivity index (χ0v) is 20.2. The maximum atomic E-state index is 12.4. The highest BCUT2D eigenvalue weighted by molar-refractivity contribution is 7.98. The molecule has 1 aromatic heterocycles. The van der Waals surface area contributed by atoms with Gasteiger partial charge in [0.1, 0.15) is 0 Å². The highest BCUT2D eigenvalue weighted by Gasteiger charge is 2.20. The Morgan fingerprint density at radius 2 is 1.84 bits per heavy atom. The lowest BCUT2D eigenvalue weighted by Crippen LogP contribution is -2.26. The summed E-state index contributed by atoms with van der Waals surface area (Å²) in [5.41, 5.74) is 2.48. The predicted octanol–water partition coefficient (Wildman–Crippen LogP) is 4.62. The highest BCUT2D eigenvalue weighted by Crippen LogP contribution is 2.25. The van der Waals surface area contributed by atoms with Gasteiger partial charge in [0.2, 0.25) is 9.47 Å². The molecule has 2 aromatic carbocycles. The van der Waals surface area contributed by atoms with Crippen molar-refractivity contribution in [2.45, 2.75) is 17.0 Å². The number of halogens is 2. The third-order valence-electron chi connectivity index (χ3n) is 3.96. The van der Waals surface area contributed by atoms with E-state index >= 15 is 0 Å². The van der Waals surface area contributed by atoms with Crippen LogP contribution >= 0.6 is 46.3 Å². The van der Waals surface area contributed by atoms with Crippen molar-refractivity contribution >= 4 is 67.4 Å². The van der Waals surface area contributed by atoms with Gasteiger partial charge in [0.15, 0.2) is 0 Å². The van der Waals surface area contributed by atoms with Gasteiger partial charge in [-0.3, -0.25) is 10.1 Å². The molecule has 0 aliphatic carbocycles. The number of carbonyl (C=O) groups excluding carboxylic acids is 1. The van der Waals surface area contributed by atoms with Crippen molar-refractivity contribution in [3.8, 4) is 0 Å². The molecule has 1 heterocycles. The predicted molar refractivity (Wildman–Crippen MR) is 127 cm³/mol. The van der Waals surface area contributed by atoms with Gasteiger partial charge in [-0.05, 0) is 36.8 Å². The van der Waals surface area contributed by atoms with Gasteiger partial charge < -0.3 is 0 Å². The van der Waals surface area contributed by atoms with Gasteiger partial charge in [0.05, 0.1) is 10.0 Å². The molecule has 2 N–H and O–H groups in total. The van der Waals surface area contributed by atoms with Gasteiger partial charge in [0, 0.05) is 23.6 Å². The minimum Gasteiger partial charge on any atom is -0.296 e. The summed E-state index contributed by atoms with van der Waals surface area (Å²) in [5, 5.41) is 11.1. The standard InChI is InChI=1S/C19H18Cl2N4O3S3/c1-12-2-5-14(6-3-12)17(26)23-18-24-25-19(30-18)31(27,28)22-8-9-29-11-13-4-7-15(20)16(21)10-13/h2-7,10,22H,8-9,11H2,1H3,(H,23,24,26). The summed E-state index contributed by atoms with van der Waals surface area (Å²) in [4.78, 5) is 12.2. The van der Waals surface area contributed by atoms with Crippen molar-refractivity contribution in [1.29, 1.82) is 0 Å². The van der Waals surface area contributed by atoms with Crippen molar-refractivity contribution < 1.29 is 13.2 Å². The lowest BCUT2D eigenvalue weighted by atomic mass is 10.1. The zero-order valence-electron chi connectivity index (χ0n) is 16.3. The molecule has 0 fully saturated rings. The molecule has 0 radical (unpaired) electrons. The van der Waals surface area contributed by atoms with Gasteiger partial charge in [-0.25, -0.2) is 13.1 Å². The fourth-order valence-corrected chi connectivity index (χ4v) is 5.60. The normalized spacial score (nSPS) is 11.5. The fourth-order valence-electron chi connectivity index (χ4n) is 2.37. The van der Waals surface area contributed by atoms with Gasteiger partial charge in [-0.1, -0.05) is 58.3 Å². The average molecular weight is 517 g/mol. The first-order valence-corrected chi connectivity index (χ1v) is 13.2. The molecule has 0 bridgehead atoms. The Morgan fingerprint density at radius 3 is 2.55 bits per heavy atom. The summed E-state index contributed by atoms with van der Waals surface area (Å²) in [6.07, 6.45) is 0. The molecule has 164 valence electrons. The third kappa shape index (κ3) is 6.90. The van der Waals surface area contributed by atoms with Crippen LogP contribution in [0.1, 0.15) is 21.5 Å². The number of nitrogens with zero attached hydrogens (tertiary/aromatic N) is 2. The molecular weight excluding hydrogens is 499 g/mol. The number of hydrogen-bond acceptors (Lipinski definition) is 7. The van der Waals surface area contributed by atoms with Gasteiger partial charge in [0.25, 0.3) is 15.9 Å². The number of benzene rings is 2. The SMILES string of the molecule is Cc1ccc(C(=O)Nc2nnc(S(=O)(=O)NCCSCc3ccc(Cl)c(Cl)c3)s2)cc1. The van der Waals surface area contributed by atoms with E-state index in [1.165, 1.54) is 0 Å². The molecule has 0 aliphatic heterocycles. The van der Waals surface area contributed by atoms with Crippen LogP contribution < -0.4 is 10.0 Å². The lowest BCUT2D eigenvalue weighted by Gasteiger charge is -2.05. The molecule has 3 aromatic rings. The highest BCUT2D eigenvalue weighted by atomic mass is 35.5. The van der Waals surface area contributed by atoms with Gasteiger partial charge in [-0.15, -0.1) is 10.2 Å². The Morgan fingerprint density at radius 1 is 1.10 bits per heavy atom. The van der Waals surface area contributed by atoms with E-state index < -0.39 is 10.0 Å². The van der Waals surface area contributed by atoms with Crippen LogP contribution in [0.5, 0.6) is 0 Å². The number of sulfonamides is 1. The van der Waals surface area contributed by atoms with Gasteiger partial charge in [-0.2, -0.15) is 11.8 Å². The number of aryl methyl sites for hydroxylation is 1. The van der Waals surface area contributed by atoms with Crippen molar-refractivity contribution in [2.75, 3.05) is 17.6 Å². The topological polar surface area (TPSA) is 101 Å². The summed E-state index contributed by atoms with van der Waals surface area (Å²) in [6, 6.07) is 12.4. The second-order valence-corrected chi connectivity index (χ2v) is 11.2. The average Bonchev–Trinajstić information content (AvgIpc) is 3.20. The van der Waals surface area contributed by atoms with Crippen LogP contribution in [-0.4, -0.2) is 36.8 Å². The van der Waals surface area contributed by atoms with E-state index in [1.54, 1.807) is 36.0 Å². The summed E-state index contributed by atoms with van der Waals surface area (Å²) < 4.78 is 27.1. The molecule has 0 spiro atoms. The van der Waals surface area contributed by atoms with Crippen LogP contribution in [0.3, 0.4) is 0 Å². The van der Waals surface area contributed by atoms with Crippen LogP contribution in [-0.2, 0) is 15.8 Å². The van der Waals surface area contributed by atoms with Crippen molar-refractivity contribution in [2.24, 2.45) is 0 Å². The van der Waals surface area contributed by atoms with E-state index in [9.17, 15) is 13.2 Å². The molecule has 12 heteroatoms. The van der Waals surface area contributed by atoms with Crippen molar-refractivity contribution in [3.05, 3.63) is 69.2 Å². The number of carbonyl (C=O) groups is 1. The monoisotopic (exact) mass is 516 g/mol. The summed E-state index contributed by atoms with van der Waals surface area (Å²) in [6.45, 7) is 2.14. The number of rotatable bonds is 9. The minimum atomic E-state index is -3.81. The molecule has 31 heavy (non-hydrogen) atoms. The lowest BCUT2D eigenvalue weighted by molar-refractivity contribution is 0.102. The maximum Gasteiger partial charge on any atom is 0.269 e. The first-order valence-electron chi connectivity index (χ1n) is 8.97. The second kappa shape index (κ2) is 10.8. The van der Waals surface area contributed by atoms with E-state index in [2.05, 4.69) is 20.2 Å². The molecule has 7 nitrogen and oxygen atoms in total. The van der Waals surface area contributed by atoms with E-state index in [4.69, 9.17) is 23.2 Å². The molecule has 3 rings (SSSR count). The van der Waals surface area contributed by atoms with Crippen LogP contribution in [0.25, 0.3) is 0 Å². The molecule has 0 saturated heterocycles. The zero-order chi connectivity index (χ0) is 22.4. The number of anilines is 1. The van der Waals surface area contributed by atoms with E-state index in [0.717, 1.165) is 22.5 Å². The molecular formula is C19H18Cl2N4O3S3. The molecule has 1 amide bonds.